The Morgan fingerprint density at radius 1 is 1.33 bits per heavy atom. The molecule has 0 saturated heterocycles. The monoisotopic (exact) mass is 226 g/mol. The third-order valence-electron chi connectivity index (χ3n) is 1.88. The van der Waals surface area contributed by atoms with Gasteiger partial charge in [-0.25, -0.2) is 0 Å². The van der Waals surface area contributed by atoms with Crippen LogP contribution in [0.3, 0.4) is 0 Å². The second-order valence-corrected chi connectivity index (χ2v) is 3.31. The number of nitrogens with zero attached hydrogens (tertiary/aromatic N) is 1. The minimum Gasteiger partial charge on any atom is -0.341 e. The number of alkyl halides is 3. The predicted octanol–water partition coefficient (Wildman–Crippen LogP) is 1.53. The number of amides is 1. The Balaban J connectivity index is 4.15. The zero-order valence-corrected chi connectivity index (χ0v) is 8.81. The van der Waals surface area contributed by atoms with Crippen molar-refractivity contribution in [2.45, 2.75) is 32.4 Å². The fraction of sp³-hybridized carbons (Fsp3) is 0.889. The Kier molecular flexibility index (Phi) is 6.31. The lowest BCUT2D eigenvalue weighted by atomic mass is 10.3. The van der Waals surface area contributed by atoms with E-state index in [1.807, 2.05) is 6.92 Å². The largest absolute Gasteiger partial charge is 0.397 e. The summed E-state index contributed by atoms with van der Waals surface area (Å²) in [6, 6.07) is 0. The lowest BCUT2D eigenvalue weighted by molar-refractivity contribution is -0.161. The number of carbonyl (C=O) groups excluding carboxylic acids is 1. The Bertz CT molecular complexity index is 194. The number of rotatable bonds is 6. The van der Waals surface area contributed by atoms with Crippen LogP contribution in [-0.4, -0.2) is 36.6 Å². The maximum Gasteiger partial charge on any atom is 0.397 e. The van der Waals surface area contributed by atoms with Crippen LogP contribution in [-0.2, 0) is 4.79 Å². The molecule has 0 radical (unpaired) electrons. The Morgan fingerprint density at radius 2 is 1.93 bits per heavy atom. The molecule has 6 heteroatoms. The molecule has 0 aromatic heterocycles. The van der Waals surface area contributed by atoms with E-state index >= 15 is 0 Å². The van der Waals surface area contributed by atoms with E-state index in [1.165, 1.54) is 4.90 Å². The summed E-state index contributed by atoms with van der Waals surface area (Å²) in [6.07, 6.45) is -4.29. The summed E-state index contributed by atoms with van der Waals surface area (Å²) < 4.78 is 35.9. The average molecular weight is 226 g/mol. The van der Waals surface area contributed by atoms with Crippen LogP contribution < -0.4 is 5.73 Å². The van der Waals surface area contributed by atoms with Gasteiger partial charge in [-0.3, -0.25) is 4.79 Å². The zero-order chi connectivity index (χ0) is 11.9. The molecule has 0 aliphatic rings. The van der Waals surface area contributed by atoms with Crippen molar-refractivity contribution >= 4 is 5.91 Å². The van der Waals surface area contributed by atoms with Crippen molar-refractivity contribution in [1.29, 1.82) is 0 Å². The Morgan fingerprint density at radius 3 is 2.33 bits per heavy atom. The summed E-state index contributed by atoms with van der Waals surface area (Å²) in [6.45, 7) is 2.64. The third-order valence-corrected chi connectivity index (χ3v) is 1.88. The summed E-state index contributed by atoms with van der Waals surface area (Å²) in [4.78, 5) is 12.4. The minimum atomic E-state index is -4.43. The quantitative estimate of drug-likeness (QED) is 0.746. The third kappa shape index (κ3) is 7.18. The molecule has 0 aromatic rings. The molecule has 0 aliphatic carbocycles. The smallest absolute Gasteiger partial charge is 0.341 e. The SMILES string of the molecule is CCCCN(CCN)C(=O)CC(F)(F)F. The normalized spacial score (nSPS) is 11.5. The van der Waals surface area contributed by atoms with E-state index in [2.05, 4.69) is 0 Å². The van der Waals surface area contributed by atoms with Crippen molar-refractivity contribution in [2.24, 2.45) is 5.73 Å². The van der Waals surface area contributed by atoms with Crippen LogP contribution in [0.1, 0.15) is 26.2 Å². The predicted molar refractivity (Wildman–Crippen MR) is 51.2 cm³/mol. The zero-order valence-electron chi connectivity index (χ0n) is 8.81. The van der Waals surface area contributed by atoms with Crippen LogP contribution in [0.5, 0.6) is 0 Å². The molecule has 0 fully saturated rings. The van der Waals surface area contributed by atoms with E-state index in [-0.39, 0.29) is 13.1 Å². The first kappa shape index (κ1) is 14.2. The van der Waals surface area contributed by atoms with Gasteiger partial charge in [0.25, 0.3) is 0 Å². The first-order valence-electron chi connectivity index (χ1n) is 4.95. The maximum absolute atomic E-state index is 12.0. The minimum absolute atomic E-state index is 0.188. The summed E-state index contributed by atoms with van der Waals surface area (Å²) in [7, 11) is 0. The van der Waals surface area contributed by atoms with E-state index in [0.29, 0.717) is 13.0 Å². The van der Waals surface area contributed by atoms with Crippen molar-refractivity contribution in [3.8, 4) is 0 Å². The summed E-state index contributed by atoms with van der Waals surface area (Å²) in [5, 5.41) is 0. The molecule has 3 nitrogen and oxygen atoms in total. The van der Waals surface area contributed by atoms with Crippen molar-refractivity contribution in [3.05, 3.63) is 0 Å². The van der Waals surface area contributed by atoms with Gasteiger partial charge in [0.05, 0.1) is 0 Å². The highest BCUT2D eigenvalue weighted by Crippen LogP contribution is 2.20. The van der Waals surface area contributed by atoms with Crippen molar-refractivity contribution < 1.29 is 18.0 Å². The molecule has 0 bridgehead atoms. The van der Waals surface area contributed by atoms with E-state index in [1.54, 1.807) is 0 Å². The van der Waals surface area contributed by atoms with Gasteiger partial charge in [-0.05, 0) is 6.42 Å². The van der Waals surface area contributed by atoms with Gasteiger partial charge in [0.2, 0.25) is 5.91 Å². The summed E-state index contributed by atoms with van der Waals surface area (Å²) in [5.41, 5.74) is 5.23. The topological polar surface area (TPSA) is 46.3 Å². The van der Waals surface area contributed by atoms with Gasteiger partial charge >= 0.3 is 6.18 Å². The van der Waals surface area contributed by atoms with E-state index in [9.17, 15) is 18.0 Å². The number of carbonyl (C=O) groups is 1. The van der Waals surface area contributed by atoms with Crippen molar-refractivity contribution in [2.75, 3.05) is 19.6 Å². The highest BCUT2D eigenvalue weighted by atomic mass is 19.4. The lowest BCUT2D eigenvalue weighted by Gasteiger charge is -2.22. The van der Waals surface area contributed by atoms with Gasteiger partial charge in [-0.1, -0.05) is 13.3 Å². The van der Waals surface area contributed by atoms with E-state index in [4.69, 9.17) is 5.73 Å². The molecule has 0 heterocycles. The number of nitrogens with two attached hydrogens (primary N) is 1. The second kappa shape index (κ2) is 6.66. The van der Waals surface area contributed by atoms with Crippen molar-refractivity contribution in [3.63, 3.8) is 0 Å². The summed E-state index contributed by atoms with van der Waals surface area (Å²) >= 11 is 0. The lowest BCUT2D eigenvalue weighted by Crippen LogP contribution is -2.38. The van der Waals surface area contributed by atoms with Gasteiger partial charge in [0.15, 0.2) is 0 Å². The van der Waals surface area contributed by atoms with Crippen LogP contribution in [0.25, 0.3) is 0 Å². The molecule has 0 rings (SSSR count). The molecule has 0 saturated carbocycles. The molecule has 1 amide bonds. The van der Waals surface area contributed by atoms with Crippen molar-refractivity contribution in [1.82, 2.24) is 4.90 Å². The highest BCUT2D eigenvalue weighted by molar-refractivity contribution is 5.76. The molecular formula is C9H17F3N2O. The number of hydrogen-bond acceptors (Lipinski definition) is 2. The molecule has 0 aliphatic heterocycles. The van der Waals surface area contributed by atoms with Gasteiger partial charge in [-0.15, -0.1) is 0 Å². The molecule has 0 spiro atoms. The Labute approximate surface area is 87.4 Å². The Hall–Kier alpha value is -0.780. The maximum atomic E-state index is 12.0. The molecule has 2 N–H and O–H groups in total. The number of halogens is 3. The standard InChI is InChI=1S/C9H17F3N2O/c1-2-3-5-14(6-4-13)8(15)7-9(10,11)12/h2-7,13H2,1H3. The average Bonchev–Trinajstić information content (AvgIpc) is 2.09. The molecule has 0 unspecified atom stereocenters. The fourth-order valence-electron chi connectivity index (χ4n) is 1.15. The van der Waals surface area contributed by atoms with E-state index < -0.39 is 18.5 Å². The van der Waals surface area contributed by atoms with Gasteiger partial charge in [0, 0.05) is 19.6 Å². The molecular weight excluding hydrogens is 209 g/mol. The summed E-state index contributed by atoms with van der Waals surface area (Å²) in [5.74, 6) is -0.888. The molecule has 0 aromatic carbocycles. The van der Waals surface area contributed by atoms with Crippen LogP contribution in [0.15, 0.2) is 0 Å². The van der Waals surface area contributed by atoms with Crippen LogP contribution in [0.2, 0.25) is 0 Å². The number of hydrogen-bond donors (Lipinski definition) is 1. The first-order chi connectivity index (χ1) is 6.90. The highest BCUT2D eigenvalue weighted by Gasteiger charge is 2.33. The fourth-order valence-corrected chi connectivity index (χ4v) is 1.15. The molecule has 15 heavy (non-hydrogen) atoms. The first-order valence-corrected chi connectivity index (χ1v) is 4.95. The van der Waals surface area contributed by atoms with Crippen LogP contribution in [0, 0.1) is 0 Å². The molecule has 90 valence electrons. The molecule has 0 atom stereocenters. The van der Waals surface area contributed by atoms with Crippen LogP contribution in [0.4, 0.5) is 13.2 Å². The van der Waals surface area contributed by atoms with Gasteiger partial charge in [-0.2, -0.15) is 13.2 Å². The van der Waals surface area contributed by atoms with Crippen LogP contribution >= 0.6 is 0 Å². The van der Waals surface area contributed by atoms with Gasteiger partial charge < -0.3 is 10.6 Å². The van der Waals surface area contributed by atoms with E-state index in [0.717, 1.165) is 6.42 Å². The van der Waals surface area contributed by atoms with Gasteiger partial charge in [0.1, 0.15) is 6.42 Å². The number of unbranched alkanes of at least 4 members (excludes halogenated alkanes) is 1. The second-order valence-electron chi connectivity index (χ2n) is 3.31.